The number of amides is 1. The van der Waals surface area contributed by atoms with Crippen molar-refractivity contribution in [1.82, 2.24) is 15.1 Å². The van der Waals surface area contributed by atoms with Crippen molar-refractivity contribution in [3.05, 3.63) is 12.3 Å². The lowest BCUT2D eigenvalue weighted by Crippen LogP contribution is -2.29. The number of hydrogen-bond acceptors (Lipinski definition) is 3. The van der Waals surface area contributed by atoms with Crippen LogP contribution in [0.4, 0.5) is 5.82 Å². The second-order valence-electron chi connectivity index (χ2n) is 3.69. The molecule has 0 aromatic carbocycles. The number of carbonyl (C=O) groups excluding carboxylic acids is 1. The number of anilines is 1. The molecule has 1 amide bonds. The number of nitrogens with one attached hydrogen (secondary N) is 1. The van der Waals surface area contributed by atoms with Crippen molar-refractivity contribution in [2.24, 2.45) is 5.92 Å². The van der Waals surface area contributed by atoms with Crippen LogP contribution >= 0.6 is 0 Å². The molecule has 1 aromatic heterocycles. The highest BCUT2D eigenvalue weighted by atomic mass is 16.2. The van der Waals surface area contributed by atoms with E-state index in [2.05, 4.69) is 10.4 Å². The second-order valence-corrected chi connectivity index (χ2v) is 3.69. The Morgan fingerprint density at radius 1 is 1.71 bits per heavy atom. The lowest BCUT2D eigenvalue weighted by atomic mass is 10.4. The van der Waals surface area contributed by atoms with Gasteiger partial charge in [0.25, 0.3) is 0 Å². The molecule has 1 saturated carbocycles. The minimum Gasteiger partial charge on any atom is -0.382 e. The summed E-state index contributed by atoms with van der Waals surface area (Å²) >= 11 is 0. The fraction of sp³-hybridized carbons (Fsp3) is 0.556. The lowest BCUT2D eigenvalue weighted by Gasteiger charge is -2.03. The molecule has 3 N–H and O–H groups in total. The van der Waals surface area contributed by atoms with Crippen molar-refractivity contribution in [2.75, 3.05) is 12.3 Å². The fourth-order valence-corrected chi connectivity index (χ4v) is 1.25. The van der Waals surface area contributed by atoms with E-state index in [-0.39, 0.29) is 12.5 Å². The molecule has 0 saturated heterocycles. The minimum atomic E-state index is 0.000000000000000222. The Morgan fingerprint density at radius 3 is 3.07 bits per heavy atom. The van der Waals surface area contributed by atoms with Crippen molar-refractivity contribution in [1.29, 1.82) is 0 Å². The number of nitrogens with two attached hydrogens (primary N) is 1. The van der Waals surface area contributed by atoms with Crippen molar-refractivity contribution in [2.45, 2.75) is 19.4 Å². The van der Waals surface area contributed by atoms with Gasteiger partial charge in [-0.25, -0.2) is 0 Å². The van der Waals surface area contributed by atoms with Gasteiger partial charge in [-0.2, -0.15) is 5.10 Å². The maximum atomic E-state index is 11.3. The first-order valence-corrected chi connectivity index (χ1v) is 4.79. The van der Waals surface area contributed by atoms with E-state index in [1.54, 1.807) is 12.3 Å². The van der Waals surface area contributed by atoms with Crippen molar-refractivity contribution < 1.29 is 4.79 Å². The third-order valence-electron chi connectivity index (χ3n) is 2.25. The monoisotopic (exact) mass is 194 g/mol. The number of nitrogens with zero attached hydrogens (tertiary/aromatic N) is 2. The molecule has 0 bridgehead atoms. The molecular weight excluding hydrogens is 180 g/mol. The molecule has 14 heavy (non-hydrogen) atoms. The van der Waals surface area contributed by atoms with Crippen molar-refractivity contribution in [3.8, 4) is 0 Å². The molecule has 0 radical (unpaired) electrons. The van der Waals surface area contributed by atoms with Gasteiger partial charge in [0.15, 0.2) is 0 Å². The van der Waals surface area contributed by atoms with Crippen LogP contribution in [0.5, 0.6) is 0 Å². The van der Waals surface area contributed by atoms with Crippen LogP contribution in [0.2, 0.25) is 0 Å². The summed E-state index contributed by atoms with van der Waals surface area (Å²) in [5, 5.41) is 6.79. The number of nitrogen functional groups attached to an aromatic ring is 1. The van der Waals surface area contributed by atoms with Gasteiger partial charge in [0.2, 0.25) is 5.91 Å². The van der Waals surface area contributed by atoms with E-state index in [1.807, 2.05) is 0 Å². The molecular formula is C9H14N4O. The Morgan fingerprint density at radius 2 is 2.50 bits per heavy atom. The molecule has 1 aromatic rings. The standard InChI is InChI=1S/C9H14N4O/c10-8-3-4-13(12-8)6-9(14)11-5-7-1-2-7/h3-4,7H,1-2,5-6H2,(H2,10,12)(H,11,14). The van der Waals surface area contributed by atoms with Crippen molar-refractivity contribution in [3.63, 3.8) is 0 Å². The topological polar surface area (TPSA) is 72.9 Å². The predicted octanol–water partition coefficient (Wildman–Crippen LogP) is -0.00850. The Kier molecular flexibility index (Phi) is 2.39. The zero-order valence-corrected chi connectivity index (χ0v) is 7.94. The number of hydrogen-bond donors (Lipinski definition) is 2. The summed E-state index contributed by atoms with van der Waals surface area (Å²) in [7, 11) is 0. The van der Waals surface area contributed by atoms with Gasteiger partial charge < -0.3 is 11.1 Å². The van der Waals surface area contributed by atoms with Gasteiger partial charge in [-0.05, 0) is 24.8 Å². The normalized spacial score (nSPS) is 15.4. The van der Waals surface area contributed by atoms with E-state index in [0.717, 1.165) is 6.54 Å². The summed E-state index contributed by atoms with van der Waals surface area (Å²) in [6.45, 7) is 1.06. The van der Waals surface area contributed by atoms with Crippen LogP contribution in [-0.2, 0) is 11.3 Å². The van der Waals surface area contributed by atoms with Crippen LogP contribution < -0.4 is 11.1 Å². The van der Waals surface area contributed by atoms with Crippen LogP contribution in [0, 0.1) is 5.92 Å². The van der Waals surface area contributed by atoms with Gasteiger partial charge in [0.05, 0.1) is 0 Å². The highest BCUT2D eigenvalue weighted by Gasteiger charge is 2.21. The largest absolute Gasteiger partial charge is 0.382 e. The van der Waals surface area contributed by atoms with Gasteiger partial charge in [-0.3, -0.25) is 9.48 Å². The van der Waals surface area contributed by atoms with Crippen LogP contribution in [0.15, 0.2) is 12.3 Å². The molecule has 0 aliphatic heterocycles. The van der Waals surface area contributed by atoms with E-state index < -0.39 is 0 Å². The van der Waals surface area contributed by atoms with E-state index >= 15 is 0 Å². The SMILES string of the molecule is Nc1ccn(CC(=O)NCC2CC2)n1. The molecule has 76 valence electrons. The number of carbonyl (C=O) groups is 1. The predicted molar refractivity (Wildman–Crippen MR) is 52.4 cm³/mol. The fourth-order valence-electron chi connectivity index (χ4n) is 1.25. The molecule has 1 fully saturated rings. The van der Waals surface area contributed by atoms with E-state index in [9.17, 15) is 4.79 Å². The van der Waals surface area contributed by atoms with Gasteiger partial charge in [0, 0.05) is 12.7 Å². The third kappa shape index (κ3) is 2.48. The highest BCUT2D eigenvalue weighted by molar-refractivity contribution is 5.75. The maximum Gasteiger partial charge on any atom is 0.241 e. The van der Waals surface area contributed by atoms with Gasteiger partial charge in [0.1, 0.15) is 12.4 Å². The minimum absolute atomic E-state index is 0.000000000000000222. The van der Waals surface area contributed by atoms with E-state index in [0.29, 0.717) is 11.7 Å². The zero-order valence-electron chi connectivity index (χ0n) is 7.94. The molecule has 0 spiro atoms. The number of aromatic nitrogens is 2. The Balaban J connectivity index is 1.75. The summed E-state index contributed by atoms with van der Waals surface area (Å²) in [6.07, 6.45) is 4.19. The quantitative estimate of drug-likeness (QED) is 0.708. The molecule has 1 aliphatic carbocycles. The first kappa shape index (κ1) is 9.05. The average molecular weight is 194 g/mol. The Bertz CT molecular complexity index is 329. The van der Waals surface area contributed by atoms with Gasteiger partial charge in [-0.15, -0.1) is 0 Å². The van der Waals surface area contributed by atoms with Crippen LogP contribution in [0.25, 0.3) is 0 Å². The molecule has 0 unspecified atom stereocenters. The first-order valence-electron chi connectivity index (χ1n) is 4.79. The van der Waals surface area contributed by atoms with Crippen LogP contribution in [0.3, 0.4) is 0 Å². The summed E-state index contributed by atoms with van der Waals surface area (Å²) < 4.78 is 1.54. The lowest BCUT2D eigenvalue weighted by molar-refractivity contribution is -0.121. The molecule has 1 aliphatic rings. The summed E-state index contributed by atoms with van der Waals surface area (Å²) in [4.78, 5) is 11.3. The highest BCUT2D eigenvalue weighted by Crippen LogP contribution is 2.27. The van der Waals surface area contributed by atoms with Crippen LogP contribution in [0.1, 0.15) is 12.8 Å². The van der Waals surface area contributed by atoms with Gasteiger partial charge in [-0.1, -0.05) is 0 Å². The zero-order chi connectivity index (χ0) is 9.97. The summed E-state index contributed by atoms with van der Waals surface area (Å²) in [5.41, 5.74) is 5.42. The molecule has 2 rings (SSSR count). The van der Waals surface area contributed by atoms with Crippen molar-refractivity contribution >= 4 is 11.7 Å². The van der Waals surface area contributed by atoms with E-state index in [4.69, 9.17) is 5.73 Å². The average Bonchev–Trinajstić information content (AvgIpc) is 2.88. The smallest absolute Gasteiger partial charge is 0.241 e. The van der Waals surface area contributed by atoms with Crippen LogP contribution in [-0.4, -0.2) is 22.2 Å². The Labute approximate surface area is 82.3 Å². The summed E-state index contributed by atoms with van der Waals surface area (Å²) in [6, 6.07) is 1.67. The second kappa shape index (κ2) is 3.69. The maximum absolute atomic E-state index is 11.3. The molecule has 1 heterocycles. The van der Waals surface area contributed by atoms with Gasteiger partial charge >= 0.3 is 0 Å². The van der Waals surface area contributed by atoms with E-state index in [1.165, 1.54) is 17.5 Å². The molecule has 5 nitrogen and oxygen atoms in total. The summed E-state index contributed by atoms with van der Waals surface area (Å²) in [5.74, 6) is 1.15. The third-order valence-corrected chi connectivity index (χ3v) is 2.25. The molecule has 5 heteroatoms. The Hall–Kier alpha value is -1.52. The number of rotatable bonds is 4. The molecule has 0 atom stereocenters. The first-order chi connectivity index (χ1) is 6.74.